The van der Waals surface area contributed by atoms with Gasteiger partial charge in [0.25, 0.3) is 0 Å². The predicted molar refractivity (Wildman–Crippen MR) is 90.4 cm³/mol. The monoisotopic (exact) mass is 291 g/mol. The molecule has 3 nitrogen and oxygen atoms in total. The van der Waals surface area contributed by atoms with E-state index in [0.717, 1.165) is 23.9 Å². The van der Waals surface area contributed by atoms with Crippen molar-refractivity contribution in [2.75, 3.05) is 32.5 Å². The Labute approximate surface area is 128 Å². The molecular weight excluding hydrogens is 266 g/mol. The van der Waals surface area contributed by atoms with Crippen molar-refractivity contribution >= 4 is 23.0 Å². The van der Waals surface area contributed by atoms with Crippen LogP contribution in [-0.2, 0) is 0 Å². The van der Waals surface area contributed by atoms with Crippen molar-refractivity contribution in [2.24, 2.45) is 0 Å². The van der Waals surface area contributed by atoms with E-state index in [1.54, 1.807) is 0 Å². The fourth-order valence-corrected chi connectivity index (χ4v) is 3.14. The van der Waals surface area contributed by atoms with Gasteiger partial charge >= 0.3 is 0 Å². The lowest BCUT2D eigenvalue weighted by atomic mass is 10.1. The van der Waals surface area contributed by atoms with Gasteiger partial charge < -0.3 is 15.1 Å². The molecule has 1 unspecified atom stereocenters. The maximum absolute atomic E-state index is 5.62. The number of thiocarbonyl (C=S) groups is 1. The molecule has 0 amide bonds. The number of aryl methyl sites for hydroxylation is 1. The minimum atomic E-state index is 0.537. The van der Waals surface area contributed by atoms with Gasteiger partial charge in [0.05, 0.1) is 0 Å². The van der Waals surface area contributed by atoms with Gasteiger partial charge in [0.1, 0.15) is 0 Å². The molecule has 1 heterocycles. The summed E-state index contributed by atoms with van der Waals surface area (Å²) in [6.07, 6.45) is 2.46. The standard InChI is InChI=1S/C16H25N3S/c1-12-7-5-9-15(13(12)2)17-16(20)19-10-6-8-14(19)11-18(3)4/h5,7,9,14H,6,8,10-11H2,1-4H3,(H,17,20). The van der Waals surface area contributed by atoms with Gasteiger partial charge in [-0.3, -0.25) is 0 Å². The molecule has 1 aromatic rings. The van der Waals surface area contributed by atoms with Crippen LogP contribution >= 0.6 is 12.2 Å². The minimum absolute atomic E-state index is 0.537. The Morgan fingerprint density at radius 1 is 1.40 bits per heavy atom. The summed E-state index contributed by atoms with van der Waals surface area (Å²) >= 11 is 5.62. The topological polar surface area (TPSA) is 18.5 Å². The number of hydrogen-bond acceptors (Lipinski definition) is 2. The molecule has 2 rings (SSSR count). The van der Waals surface area contributed by atoms with E-state index in [4.69, 9.17) is 12.2 Å². The van der Waals surface area contributed by atoms with E-state index in [-0.39, 0.29) is 0 Å². The Hall–Kier alpha value is -1.13. The highest BCUT2D eigenvalue weighted by Crippen LogP contribution is 2.22. The minimum Gasteiger partial charge on any atom is -0.345 e. The van der Waals surface area contributed by atoms with E-state index in [1.807, 2.05) is 0 Å². The number of rotatable bonds is 3. The van der Waals surface area contributed by atoms with E-state index >= 15 is 0 Å². The van der Waals surface area contributed by atoms with Crippen LogP contribution in [0.25, 0.3) is 0 Å². The van der Waals surface area contributed by atoms with Crippen LogP contribution in [0.2, 0.25) is 0 Å². The van der Waals surface area contributed by atoms with Crippen LogP contribution in [0.15, 0.2) is 18.2 Å². The molecule has 0 saturated carbocycles. The van der Waals surface area contributed by atoms with E-state index in [2.05, 4.69) is 61.3 Å². The number of nitrogens with one attached hydrogen (secondary N) is 1. The third kappa shape index (κ3) is 3.49. The lowest BCUT2D eigenvalue weighted by Gasteiger charge is -2.30. The second kappa shape index (κ2) is 6.55. The molecule has 1 fully saturated rings. The van der Waals surface area contributed by atoms with Crippen molar-refractivity contribution in [3.05, 3.63) is 29.3 Å². The number of benzene rings is 1. The molecule has 0 spiro atoms. The summed E-state index contributed by atoms with van der Waals surface area (Å²) in [5.41, 5.74) is 3.70. The van der Waals surface area contributed by atoms with Crippen LogP contribution in [0.4, 0.5) is 5.69 Å². The molecule has 0 bridgehead atoms. The number of hydrogen-bond donors (Lipinski definition) is 1. The van der Waals surface area contributed by atoms with Crippen LogP contribution in [0.3, 0.4) is 0 Å². The molecular formula is C16H25N3S. The Morgan fingerprint density at radius 3 is 2.85 bits per heavy atom. The van der Waals surface area contributed by atoms with Crippen molar-refractivity contribution in [3.8, 4) is 0 Å². The maximum Gasteiger partial charge on any atom is 0.173 e. The largest absolute Gasteiger partial charge is 0.345 e. The molecule has 20 heavy (non-hydrogen) atoms. The summed E-state index contributed by atoms with van der Waals surface area (Å²) in [6, 6.07) is 6.85. The second-order valence-electron chi connectivity index (χ2n) is 5.93. The zero-order valence-electron chi connectivity index (χ0n) is 12.9. The first kappa shape index (κ1) is 15.3. The fourth-order valence-electron chi connectivity index (χ4n) is 2.79. The van der Waals surface area contributed by atoms with Gasteiger partial charge in [-0.15, -0.1) is 0 Å². The fraction of sp³-hybridized carbons (Fsp3) is 0.562. The Morgan fingerprint density at radius 2 is 2.15 bits per heavy atom. The van der Waals surface area contributed by atoms with Gasteiger partial charge in [-0.2, -0.15) is 0 Å². The molecule has 1 aliphatic heterocycles. The van der Waals surface area contributed by atoms with Crippen molar-refractivity contribution in [1.29, 1.82) is 0 Å². The van der Waals surface area contributed by atoms with E-state index in [0.29, 0.717) is 6.04 Å². The highest BCUT2D eigenvalue weighted by molar-refractivity contribution is 7.80. The average Bonchev–Trinajstić information content (AvgIpc) is 2.82. The third-order valence-corrected chi connectivity index (χ3v) is 4.40. The first-order chi connectivity index (χ1) is 9.49. The smallest absolute Gasteiger partial charge is 0.173 e. The Balaban J connectivity index is 2.06. The van der Waals surface area contributed by atoms with E-state index < -0.39 is 0 Å². The summed E-state index contributed by atoms with van der Waals surface area (Å²) in [5.74, 6) is 0. The maximum atomic E-state index is 5.62. The zero-order chi connectivity index (χ0) is 14.7. The van der Waals surface area contributed by atoms with Gasteiger partial charge in [0.15, 0.2) is 5.11 Å². The van der Waals surface area contributed by atoms with Crippen LogP contribution in [0.1, 0.15) is 24.0 Å². The molecule has 1 aromatic carbocycles. The zero-order valence-corrected chi connectivity index (χ0v) is 13.8. The first-order valence-electron chi connectivity index (χ1n) is 7.27. The molecule has 1 N–H and O–H groups in total. The molecule has 4 heteroatoms. The summed E-state index contributed by atoms with van der Waals surface area (Å²) in [7, 11) is 4.25. The molecule has 0 aromatic heterocycles. The molecule has 0 aliphatic carbocycles. The van der Waals surface area contributed by atoms with Gasteiger partial charge in [-0.05, 0) is 70.2 Å². The van der Waals surface area contributed by atoms with Gasteiger partial charge in [-0.1, -0.05) is 12.1 Å². The molecule has 110 valence electrons. The van der Waals surface area contributed by atoms with Crippen LogP contribution in [0, 0.1) is 13.8 Å². The first-order valence-corrected chi connectivity index (χ1v) is 7.68. The van der Waals surface area contributed by atoms with Crippen molar-refractivity contribution in [1.82, 2.24) is 9.80 Å². The summed E-state index contributed by atoms with van der Waals surface area (Å²) in [6.45, 7) is 6.40. The molecule has 0 radical (unpaired) electrons. The number of likely N-dealkylation sites (tertiary alicyclic amines) is 1. The Kier molecular flexibility index (Phi) is 5.00. The predicted octanol–water partition coefficient (Wildman–Crippen LogP) is 3.03. The van der Waals surface area contributed by atoms with Crippen molar-refractivity contribution < 1.29 is 0 Å². The summed E-state index contributed by atoms with van der Waals surface area (Å²) in [5, 5.41) is 4.30. The van der Waals surface area contributed by atoms with Gasteiger partial charge in [0, 0.05) is 24.8 Å². The number of anilines is 1. The van der Waals surface area contributed by atoms with E-state index in [9.17, 15) is 0 Å². The quantitative estimate of drug-likeness (QED) is 0.863. The Bertz CT molecular complexity index is 485. The number of likely N-dealkylation sites (N-methyl/N-ethyl adjacent to an activating group) is 1. The van der Waals surface area contributed by atoms with E-state index in [1.165, 1.54) is 24.0 Å². The van der Waals surface area contributed by atoms with Gasteiger partial charge in [-0.25, -0.2) is 0 Å². The SMILES string of the molecule is Cc1cccc(NC(=S)N2CCCC2CN(C)C)c1C. The highest BCUT2D eigenvalue weighted by Gasteiger charge is 2.27. The molecule has 1 saturated heterocycles. The van der Waals surface area contributed by atoms with Crippen LogP contribution in [0.5, 0.6) is 0 Å². The van der Waals surface area contributed by atoms with Crippen LogP contribution in [-0.4, -0.2) is 48.1 Å². The van der Waals surface area contributed by atoms with Crippen molar-refractivity contribution in [3.63, 3.8) is 0 Å². The van der Waals surface area contributed by atoms with Gasteiger partial charge in [0.2, 0.25) is 0 Å². The highest BCUT2D eigenvalue weighted by atomic mass is 32.1. The average molecular weight is 291 g/mol. The van der Waals surface area contributed by atoms with Crippen molar-refractivity contribution in [2.45, 2.75) is 32.7 Å². The third-order valence-electron chi connectivity index (χ3n) is 4.06. The summed E-state index contributed by atoms with van der Waals surface area (Å²) in [4.78, 5) is 4.58. The summed E-state index contributed by atoms with van der Waals surface area (Å²) < 4.78 is 0. The second-order valence-corrected chi connectivity index (χ2v) is 6.32. The number of nitrogens with zero attached hydrogens (tertiary/aromatic N) is 2. The van der Waals surface area contributed by atoms with Crippen LogP contribution < -0.4 is 5.32 Å². The normalized spacial score (nSPS) is 18.6. The molecule has 1 aliphatic rings. The molecule has 1 atom stereocenters. The lowest BCUT2D eigenvalue weighted by Crippen LogP contribution is -2.43. The lowest BCUT2D eigenvalue weighted by molar-refractivity contribution is 0.288.